The minimum Gasteiger partial charge on any atom is -0.394 e. The maximum absolute atomic E-state index is 13.4. The molecule has 0 spiro atoms. The second-order valence-electron chi connectivity index (χ2n) is 11.8. The molecule has 0 saturated carbocycles. The number of imide groups is 2. The van der Waals surface area contributed by atoms with Crippen LogP contribution in [0.4, 0.5) is 0 Å². The second kappa shape index (κ2) is 13.9. The lowest BCUT2D eigenvalue weighted by atomic mass is 9.94. The molecule has 0 saturated heterocycles. The molecule has 1 N–H and O–H groups in total. The highest BCUT2D eigenvalue weighted by Crippen LogP contribution is 2.31. The first-order chi connectivity index (χ1) is 22.4. The number of carbonyl (C=O) groups is 4. The summed E-state index contributed by atoms with van der Waals surface area (Å²) < 4.78 is 5.51. The van der Waals surface area contributed by atoms with E-state index in [-0.39, 0.29) is 49.9 Å². The Morgan fingerprint density at radius 1 is 0.587 bits per heavy atom. The Kier molecular flexibility index (Phi) is 9.51. The van der Waals surface area contributed by atoms with E-state index in [0.29, 0.717) is 67.0 Å². The quantitative estimate of drug-likeness (QED) is 0.159. The van der Waals surface area contributed by atoms with Gasteiger partial charge in [-0.05, 0) is 61.6 Å². The van der Waals surface area contributed by atoms with Crippen LogP contribution in [-0.2, 0) is 4.74 Å². The number of ether oxygens (including phenoxy) is 1. The Balaban J connectivity index is 1.04. The number of nitrogens with zero attached hydrogens (tertiary/aromatic N) is 4. The van der Waals surface area contributed by atoms with Gasteiger partial charge in [-0.1, -0.05) is 48.5 Å². The number of benzene rings is 4. The molecule has 2 aliphatic heterocycles. The third-order valence-electron chi connectivity index (χ3n) is 8.86. The summed E-state index contributed by atoms with van der Waals surface area (Å²) in [7, 11) is 1.96. The Bertz CT molecular complexity index is 1700. The highest BCUT2D eigenvalue weighted by atomic mass is 16.5. The molecule has 46 heavy (non-hydrogen) atoms. The van der Waals surface area contributed by atoms with Crippen LogP contribution in [0.1, 0.15) is 47.9 Å². The fourth-order valence-electron chi connectivity index (χ4n) is 6.45. The summed E-state index contributed by atoms with van der Waals surface area (Å²) in [5.74, 6) is -1.10. The fraction of sp³-hybridized carbons (Fsp3) is 0.333. The molecule has 238 valence electrons. The van der Waals surface area contributed by atoms with Crippen LogP contribution in [-0.4, -0.2) is 121 Å². The number of aliphatic hydroxyl groups excluding tert-OH is 1. The zero-order chi connectivity index (χ0) is 32.2. The van der Waals surface area contributed by atoms with Crippen molar-refractivity contribution in [2.75, 3.05) is 72.7 Å². The average molecular weight is 623 g/mol. The van der Waals surface area contributed by atoms with Gasteiger partial charge in [-0.25, -0.2) is 0 Å². The summed E-state index contributed by atoms with van der Waals surface area (Å²) in [5, 5.41) is 12.3. The van der Waals surface area contributed by atoms with Crippen LogP contribution in [0.2, 0.25) is 0 Å². The van der Waals surface area contributed by atoms with Gasteiger partial charge in [-0.15, -0.1) is 0 Å². The zero-order valence-electron chi connectivity index (χ0n) is 26.0. The molecule has 0 radical (unpaired) electrons. The maximum atomic E-state index is 13.4. The minimum absolute atomic E-state index is 0.0602. The monoisotopic (exact) mass is 622 g/mol. The average Bonchev–Trinajstić information content (AvgIpc) is 3.07. The Hall–Kier alpha value is -4.48. The highest BCUT2D eigenvalue weighted by molar-refractivity contribution is 6.26. The van der Waals surface area contributed by atoms with Crippen LogP contribution in [0.3, 0.4) is 0 Å². The molecule has 4 aromatic rings. The Morgan fingerprint density at radius 3 is 1.50 bits per heavy atom. The number of hydrogen-bond donors (Lipinski definition) is 1. The molecule has 0 aliphatic carbocycles. The van der Waals surface area contributed by atoms with E-state index in [1.165, 1.54) is 9.80 Å². The van der Waals surface area contributed by atoms with Crippen molar-refractivity contribution in [1.29, 1.82) is 0 Å². The van der Waals surface area contributed by atoms with Crippen LogP contribution < -0.4 is 0 Å². The Morgan fingerprint density at radius 2 is 1.04 bits per heavy atom. The maximum Gasteiger partial charge on any atom is 0.261 e. The molecule has 0 atom stereocenters. The molecule has 0 aromatic heterocycles. The van der Waals surface area contributed by atoms with Crippen LogP contribution in [0, 0.1) is 0 Å². The van der Waals surface area contributed by atoms with E-state index in [4.69, 9.17) is 9.84 Å². The number of likely N-dealkylation sites (N-methyl/N-ethyl adjacent to an activating group) is 1. The molecule has 4 aromatic carbocycles. The first kappa shape index (κ1) is 31.5. The molecule has 10 nitrogen and oxygen atoms in total. The third kappa shape index (κ3) is 6.17. The van der Waals surface area contributed by atoms with E-state index in [0.717, 1.165) is 22.6 Å². The molecular formula is C36H38N4O6. The number of aliphatic hydroxyl groups is 1. The lowest BCUT2D eigenvalue weighted by Gasteiger charge is -2.31. The number of rotatable bonds is 15. The number of hydrogen-bond acceptors (Lipinski definition) is 8. The SMILES string of the molecule is CN(CCCN(CCOCCO)CCN1C(=O)c2cccc3cccc(c23)C1=O)CCN1C(=O)c2cccc3cccc(c23)C1=O. The molecular weight excluding hydrogens is 584 g/mol. The molecule has 2 aliphatic rings. The molecule has 0 unspecified atom stereocenters. The van der Waals surface area contributed by atoms with E-state index >= 15 is 0 Å². The van der Waals surface area contributed by atoms with Gasteiger partial charge in [0.2, 0.25) is 0 Å². The largest absolute Gasteiger partial charge is 0.394 e. The summed E-state index contributed by atoms with van der Waals surface area (Å²) in [6.07, 6.45) is 0.782. The molecule has 4 amide bonds. The first-order valence-electron chi connectivity index (χ1n) is 15.7. The fourth-order valence-corrected chi connectivity index (χ4v) is 6.45. The lowest BCUT2D eigenvalue weighted by Crippen LogP contribution is -2.45. The van der Waals surface area contributed by atoms with E-state index in [1.807, 2.05) is 55.6 Å². The van der Waals surface area contributed by atoms with Crippen molar-refractivity contribution in [1.82, 2.24) is 19.6 Å². The van der Waals surface area contributed by atoms with Crippen molar-refractivity contribution >= 4 is 45.2 Å². The second-order valence-corrected chi connectivity index (χ2v) is 11.8. The summed E-state index contributed by atoms with van der Waals surface area (Å²) in [6.45, 7) is 4.10. The number of amides is 4. The standard InChI is InChI=1S/C36H38N4O6/c1-37(17-19-39-33(42)27-11-2-7-25-8-3-12-28(31(25)27)34(39)43)15-6-16-38(21-23-46-24-22-41)18-20-40-35(44)29-13-4-9-26-10-5-14-30(32(26)29)36(40)45/h2-5,7-14,41H,6,15-24H2,1H3. The van der Waals surface area contributed by atoms with E-state index < -0.39 is 0 Å². The first-order valence-corrected chi connectivity index (χ1v) is 15.7. The zero-order valence-corrected chi connectivity index (χ0v) is 26.0. The van der Waals surface area contributed by atoms with Crippen molar-refractivity contribution in [3.8, 4) is 0 Å². The van der Waals surface area contributed by atoms with Crippen LogP contribution in [0.15, 0.2) is 72.8 Å². The minimum atomic E-state index is -0.286. The lowest BCUT2D eigenvalue weighted by molar-refractivity contribution is 0.0551. The molecule has 0 bridgehead atoms. The van der Waals surface area contributed by atoms with Gasteiger partial charge in [0, 0.05) is 65.8 Å². The number of carbonyl (C=O) groups excluding carboxylic acids is 4. The van der Waals surface area contributed by atoms with Gasteiger partial charge in [0.15, 0.2) is 0 Å². The van der Waals surface area contributed by atoms with E-state index in [9.17, 15) is 19.2 Å². The van der Waals surface area contributed by atoms with Gasteiger partial charge in [-0.3, -0.25) is 33.9 Å². The molecule has 0 fully saturated rings. The van der Waals surface area contributed by atoms with Crippen molar-refractivity contribution in [3.63, 3.8) is 0 Å². The summed E-state index contributed by atoms with van der Waals surface area (Å²) in [5.41, 5.74) is 2.19. The van der Waals surface area contributed by atoms with Crippen LogP contribution >= 0.6 is 0 Å². The van der Waals surface area contributed by atoms with Gasteiger partial charge in [-0.2, -0.15) is 0 Å². The van der Waals surface area contributed by atoms with Crippen LogP contribution in [0.5, 0.6) is 0 Å². The van der Waals surface area contributed by atoms with E-state index in [2.05, 4.69) is 9.80 Å². The van der Waals surface area contributed by atoms with Gasteiger partial charge in [0.1, 0.15) is 0 Å². The highest BCUT2D eigenvalue weighted by Gasteiger charge is 2.34. The smallest absolute Gasteiger partial charge is 0.261 e. The van der Waals surface area contributed by atoms with Gasteiger partial charge in [0.25, 0.3) is 23.6 Å². The topological polar surface area (TPSA) is 111 Å². The van der Waals surface area contributed by atoms with Crippen LogP contribution in [0.25, 0.3) is 21.5 Å². The third-order valence-corrected chi connectivity index (χ3v) is 8.86. The van der Waals surface area contributed by atoms with Crippen molar-refractivity contribution in [2.45, 2.75) is 6.42 Å². The van der Waals surface area contributed by atoms with Gasteiger partial charge in [0.05, 0.1) is 19.8 Å². The van der Waals surface area contributed by atoms with Gasteiger partial charge < -0.3 is 14.7 Å². The predicted molar refractivity (Wildman–Crippen MR) is 175 cm³/mol. The normalized spacial score (nSPS) is 14.5. The summed E-state index contributed by atoms with van der Waals surface area (Å²) in [6, 6.07) is 22.1. The predicted octanol–water partition coefficient (Wildman–Crippen LogP) is 3.52. The Labute approximate surface area is 267 Å². The molecule has 6 rings (SSSR count). The van der Waals surface area contributed by atoms with Gasteiger partial charge >= 0.3 is 0 Å². The van der Waals surface area contributed by atoms with Crippen molar-refractivity contribution in [3.05, 3.63) is 95.1 Å². The molecule has 10 heteroatoms. The summed E-state index contributed by atoms with van der Waals surface area (Å²) in [4.78, 5) is 60.2. The summed E-state index contributed by atoms with van der Waals surface area (Å²) >= 11 is 0. The van der Waals surface area contributed by atoms with Crippen molar-refractivity contribution < 1.29 is 29.0 Å². The van der Waals surface area contributed by atoms with E-state index in [1.54, 1.807) is 24.3 Å². The molecule has 2 heterocycles. The van der Waals surface area contributed by atoms with Crippen molar-refractivity contribution in [2.24, 2.45) is 0 Å².